The largest absolute Gasteiger partial charge is 0.332 e. The molecule has 2 heterocycles. The molecule has 186 valence electrons. The van der Waals surface area contributed by atoms with Gasteiger partial charge in [0, 0.05) is 27.1 Å². The first-order valence-corrected chi connectivity index (χ1v) is 12.1. The minimum atomic E-state index is -0.373. The average Bonchev–Trinajstić information content (AvgIpc) is 3.18. The Labute approximate surface area is 202 Å². The Balaban J connectivity index is 1.86. The SMILES string of the molecule is C/C(=C/C(=O)CC(C)C)CCC/C(C)=C/CC/C(C)=C/Cn1cnc2c1c(=O)n(C)c(=O)n2C. The maximum atomic E-state index is 12.5. The van der Waals surface area contributed by atoms with Gasteiger partial charge in [-0.05, 0) is 64.9 Å². The topological polar surface area (TPSA) is 78.9 Å². The van der Waals surface area contributed by atoms with E-state index in [1.165, 1.54) is 28.3 Å². The molecule has 34 heavy (non-hydrogen) atoms. The van der Waals surface area contributed by atoms with Crippen molar-refractivity contribution >= 4 is 16.9 Å². The van der Waals surface area contributed by atoms with E-state index in [0.717, 1.165) is 36.7 Å². The Morgan fingerprint density at radius 2 is 1.62 bits per heavy atom. The van der Waals surface area contributed by atoms with E-state index in [1.54, 1.807) is 17.9 Å². The van der Waals surface area contributed by atoms with Gasteiger partial charge in [-0.1, -0.05) is 42.7 Å². The highest BCUT2D eigenvalue weighted by molar-refractivity contribution is 5.90. The van der Waals surface area contributed by atoms with Gasteiger partial charge in [-0.2, -0.15) is 0 Å². The molecule has 2 aromatic rings. The van der Waals surface area contributed by atoms with E-state index in [2.05, 4.69) is 44.8 Å². The summed E-state index contributed by atoms with van der Waals surface area (Å²) in [6.45, 7) is 11.0. The van der Waals surface area contributed by atoms with E-state index in [0.29, 0.717) is 30.0 Å². The summed E-state index contributed by atoms with van der Waals surface area (Å²) in [7, 11) is 3.11. The van der Waals surface area contributed by atoms with Crippen LogP contribution in [0.25, 0.3) is 11.2 Å². The zero-order valence-electron chi connectivity index (χ0n) is 21.9. The molecular formula is C27H40N4O3. The normalized spacial score (nSPS) is 13.4. The third-order valence-corrected chi connectivity index (χ3v) is 6.04. The number of ketones is 1. The lowest BCUT2D eigenvalue weighted by molar-refractivity contribution is -0.115. The van der Waals surface area contributed by atoms with Gasteiger partial charge < -0.3 is 4.57 Å². The molecule has 0 aliphatic rings. The van der Waals surface area contributed by atoms with Gasteiger partial charge in [-0.3, -0.25) is 18.7 Å². The molecule has 0 saturated carbocycles. The molecule has 0 amide bonds. The van der Waals surface area contributed by atoms with Crippen LogP contribution in [0.15, 0.2) is 50.9 Å². The van der Waals surface area contributed by atoms with Crippen LogP contribution in [0.5, 0.6) is 0 Å². The molecule has 2 aromatic heterocycles. The van der Waals surface area contributed by atoms with Crippen LogP contribution in [0.3, 0.4) is 0 Å². The number of fused-ring (bicyclic) bond motifs is 1. The van der Waals surface area contributed by atoms with Gasteiger partial charge in [0.1, 0.15) is 0 Å². The summed E-state index contributed by atoms with van der Waals surface area (Å²) in [6.07, 6.45) is 13.4. The number of aromatic nitrogens is 4. The third kappa shape index (κ3) is 7.54. The number of allylic oxidation sites excluding steroid dienone is 6. The number of nitrogens with zero attached hydrogens (tertiary/aromatic N) is 4. The predicted molar refractivity (Wildman–Crippen MR) is 139 cm³/mol. The van der Waals surface area contributed by atoms with E-state index in [-0.39, 0.29) is 17.0 Å². The summed E-state index contributed by atoms with van der Waals surface area (Å²) in [4.78, 5) is 40.8. The van der Waals surface area contributed by atoms with Crippen molar-refractivity contribution in [2.75, 3.05) is 0 Å². The monoisotopic (exact) mass is 468 g/mol. The van der Waals surface area contributed by atoms with Crippen LogP contribution in [-0.2, 0) is 25.4 Å². The van der Waals surface area contributed by atoms with E-state index in [4.69, 9.17) is 0 Å². The van der Waals surface area contributed by atoms with Gasteiger partial charge in [-0.15, -0.1) is 0 Å². The number of aryl methyl sites for hydroxylation is 1. The molecule has 0 spiro atoms. The van der Waals surface area contributed by atoms with E-state index in [1.807, 2.05) is 13.0 Å². The molecule has 0 N–H and O–H groups in total. The van der Waals surface area contributed by atoms with Crippen LogP contribution < -0.4 is 11.2 Å². The van der Waals surface area contributed by atoms with Crippen molar-refractivity contribution in [3.05, 3.63) is 62.1 Å². The van der Waals surface area contributed by atoms with Crippen LogP contribution in [0, 0.1) is 5.92 Å². The lowest BCUT2D eigenvalue weighted by atomic mass is 10.0. The molecule has 0 unspecified atom stereocenters. The van der Waals surface area contributed by atoms with E-state index < -0.39 is 0 Å². The molecule has 0 bridgehead atoms. The summed E-state index contributed by atoms with van der Waals surface area (Å²) in [6, 6.07) is 0. The highest BCUT2D eigenvalue weighted by atomic mass is 16.2. The number of imidazole rings is 1. The second kappa shape index (κ2) is 12.5. The molecule has 0 saturated heterocycles. The van der Waals surface area contributed by atoms with Crippen molar-refractivity contribution in [3.8, 4) is 0 Å². The maximum absolute atomic E-state index is 12.5. The van der Waals surface area contributed by atoms with Gasteiger partial charge in [0.25, 0.3) is 5.56 Å². The van der Waals surface area contributed by atoms with Crippen LogP contribution >= 0.6 is 0 Å². The molecule has 0 radical (unpaired) electrons. The standard InChI is InChI=1S/C27H40N4O3/c1-19(2)16-23(32)17-22(5)13-9-11-20(3)10-8-12-21(4)14-15-31-18-28-25-24(31)26(33)30(7)27(34)29(25)6/h10,14,17-19H,8-9,11-13,15-16H2,1-7H3/b20-10+,21-14+,22-17-. The molecule has 0 aromatic carbocycles. The van der Waals surface area contributed by atoms with Crippen molar-refractivity contribution < 1.29 is 4.79 Å². The maximum Gasteiger partial charge on any atom is 0.332 e. The molecule has 0 aliphatic carbocycles. The number of hydrogen-bond donors (Lipinski definition) is 0. The summed E-state index contributed by atoms with van der Waals surface area (Å²) >= 11 is 0. The molecule has 0 atom stereocenters. The summed E-state index contributed by atoms with van der Waals surface area (Å²) in [5, 5.41) is 0. The first-order valence-electron chi connectivity index (χ1n) is 12.1. The lowest BCUT2D eigenvalue weighted by Gasteiger charge is -2.06. The van der Waals surface area contributed by atoms with E-state index >= 15 is 0 Å². The number of hydrogen-bond acceptors (Lipinski definition) is 4. The van der Waals surface area contributed by atoms with Crippen LogP contribution in [0.2, 0.25) is 0 Å². The van der Waals surface area contributed by atoms with Gasteiger partial charge in [0.05, 0.1) is 6.33 Å². The van der Waals surface area contributed by atoms with Crippen molar-refractivity contribution in [2.45, 2.75) is 79.7 Å². The van der Waals surface area contributed by atoms with Crippen molar-refractivity contribution in [2.24, 2.45) is 20.0 Å². The minimum absolute atomic E-state index is 0.232. The highest BCUT2D eigenvalue weighted by Crippen LogP contribution is 2.15. The summed E-state index contributed by atoms with van der Waals surface area (Å²) in [5.41, 5.74) is 3.94. The molecule has 2 rings (SSSR count). The zero-order valence-corrected chi connectivity index (χ0v) is 21.9. The van der Waals surface area contributed by atoms with Crippen LogP contribution in [0.4, 0.5) is 0 Å². The Kier molecular flexibility index (Phi) is 10.0. The predicted octanol–water partition coefficient (Wildman–Crippen LogP) is 4.84. The van der Waals surface area contributed by atoms with Gasteiger partial charge in [0.2, 0.25) is 0 Å². The number of carbonyl (C=O) groups is 1. The molecule has 7 heteroatoms. The highest BCUT2D eigenvalue weighted by Gasteiger charge is 2.13. The minimum Gasteiger partial charge on any atom is -0.321 e. The second-order valence-electron chi connectivity index (χ2n) is 9.82. The molecule has 0 aliphatic heterocycles. The lowest BCUT2D eigenvalue weighted by Crippen LogP contribution is -2.37. The first kappa shape index (κ1) is 27.3. The third-order valence-electron chi connectivity index (χ3n) is 6.04. The van der Waals surface area contributed by atoms with Gasteiger partial charge >= 0.3 is 5.69 Å². The van der Waals surface area contributed by atoms with Crippen molar-refractivity contribution in [1.29, 1.82) is 0 Å². The van der Waals surface area contributed by atoms with Crippen molar-refractivity contribution in [3.63, 3.8) is 0 Å². The quantitative estimate of drug-likeness (QED) is 0.330. The summed E-state index contributed by atoms with van der Waals surface area (Å²) in [5.74, 6) is 0.635. The van der Waals surface area contributed by atoms with Crippen molar-refractivity contribution in [1.82, 2.24) is 18.7 Å². The average molecular weight is 469 g/mol. The second-order valence-corrected chi connectivity index (χ2v) is 9.82. The first-order chi connectivity index (χ1) is 16.0. The van der Waals surface area contributed by atoms with Gasteiger partial charge in [0.15, 0.2) is 16.9 Å². The smallest absolute Gasteiger partial charge is 0.321 e. The van der Waals surface area contributed by atoms with Gasteiger partial charge in [-0.25, -0.2) is 9.78 Å². The molecule has 0 fully saturated rings. The summed E-state index contributed by atoms with van der Waals surface area (Å²) < 4.78 is 4.31. The fraction of sp³-hybridized carbons (Fsp3) is 0.556. The van der Waals surface area contributed by atoms with Crippen LogP contribution in [0.1, 0.15) is 73.1 Å². The van der Waals surface area contributed by atoms with E-state index in [9.17, 15) is 14.4 Å². The number of rotatable bonds is 12. The zero-order chi connectivity index (χ0) is 25.4. The fourth-order valence-corrected chi connectivity index (χ4v) is 3.99. The Morgan fingerprint density at radius 3 is 2.29 bits per heavy atom. The Hall–Kier alpha value is -2.96. The number of carbonyl (C=O) groups excluding carboxylic acids is 1. The Bertz CT molecular complexity index is 1220. The van der Waals surface area contributed by atoms with Crippen LogP contribution in [-0.4, -0.2) is 24.5 Å². The Morgan fingerprint density at radius 1 is 0.971 bits per heavy atom. The molecule has 7 nitrogen and oxygen atoms in total. The molecular weight excluding hydrogens is 428 g/mol. The fourth-order valence-electron chi connectivity index (χ4n) is 3.99.